The first kappa shape index (κ1) is 22.3. The first-order valence-corrected chi connectivity index (χ1v) is 10.9. The molecule has 1 saturated heterocycles. The van der Waals surface area contributed by atoms with Gasteiger partial charge in [-0.2, -0.15) is 0 Å². The zero-order chi connectivity index (χ0) is 23.2. The number of anilines is 3. The average Bonchev–Trinajstić information content (AvgIpc) is 3.06. The average molecular weight is 448 g/mol. The number of hydrogen-bond acceptors (Lipinski definition) is 4. The summed E-state index contributed by atoms with van der Waals surface area (Å²) in [6.45, 7) is 4.73. The van der Waals surface area contributed by atoms with E-state index in [2.05, 4.69) is 20.5 Å². The molecule has 2 N–H and O–H groups in total. The SMILES string of the molecule is Cc1ccccc1C(=O)N1CCCN(c2ccc(NC(=O)Nc3cccc(F)c3)cn2)CC1. The first-order chi connectivity index (χ1) is 16.0. The molecule has 3 amide bonds. The second kappa shape index (κ2) is 10.1. The van der Waals surface area contributed by atoms with Crippen LogP contribution in [0.15, 0.2) is 66.9 Å². The second-order valence-corrected chi connectivity index (χ2v) is 7.94. The maximum absolute atomic E-state index is 13.3. The Kier molecular flexibility index (Phi) is 6.83. The number of pyridine rings is 1. The third-order valence-electron chi connectivity index (χ3n) is 5.57. The summed E-state index contributed by atoms with van der Waals surface area (Å²) in [5, 5.41) is 5.28. The summed E-state index contributed by atoms with van der Waals surface area (Å²) in [6.07, 6.45) is 2.43. The molecule has 33 heavy (non-hydrogen) atoms. The number of nitrogens with zero attached hydrogens (tertiary/aromatic N) is 3. The van der Waals surface area contributed by atoms with Crippen LogP contribution in [0.1, 0.15) is 22.3 Å². The third-order valence-corrected chi connectivity index (χ3v) is 5.57. The van der Waals surface area contributed by atoms with Gasteiger partial charge in [0.15, 0.2) is 0 Å². The summed E-state index contributed by atoms with van der Waals surface area (Å²) < 4.78 is 13.3. The molecule has 0 atom stereocenters. The molecule has 0 aliphatic carbocycles. The van der Waals surface area contributed by atoms with Crippen molar-refractivity contribution in [3.05, 3.63) is 83.8 Å². The van der Waals surface area contributed by atoms with Crippen LogP contribution in [0.25, 0.3) is 0 Å². The van der Waals surface area contributed by atoms with Gasteiger partial charge < -0.3 is 20.4 Å². The standard InChI is InChI=1S/C25H26FN5O2/c1-18-6-2-3-9-22(18)24(32)31-13-5-12-30(14-15-31)23-11-10-21(17-27-23)29-25(33)28-20-8-4-7-19(26)16-20/h2-4,6-11,16-17H,5,12-15H2,1H3,(H2,28,29,33). The van der Waals surface area contributed by atoms with Crippen LogP contribution in [0, 0.1) is 12.7 Å². The summed E-state index contributed by atoms with van der Waals surface area (Å²) in [7, 11) is 0. The smallest absolute Gasteiger partial charge is 0.323 e. The molecule has 1 aliphatic heterocycles. The minimum atomic E-state index is -0.477. The van der Waals surface area contributed by atoms with Crippen LogP contribution in [0.4, 0.5) is 26.4 Å². The van der Waals surface area contributed by atoms with E-state index in [9.17, 15) is 14.0 Å². The molecule has 8 heteroatoms. The lowest BCUT2D eigenvalue weighted by Gasteiger charge is -2.23. The fourth-order valence-electron chi connectivity index (χ4n) is 3.84. The van der Waals surface area contributed by atoms with Crippen LogP contribution in [-0.2, 0) is 0 Å². The molecular weight excluding hydrogens is 421 g/mol. The van der Waals surface area contributed by atoms with E-state index in [0.717, 1.165) is 29.9 Å². The summed E-state index contributed by atoms with van der Waals surface area (Å²) in [5.74, 6) is 0.429. The zero-order valence-electron chi connectivity index (χ0n) is 18.4. The minimum Gasteiger partial charge on any atom is -0.355 e. The van der Waals surface area contributed by atoms with Gasteiger partial charge in [-0.3, -0.25) is 4.79 Å². The monoisotopic (exact) mass is 447 g/mol. The molecule has 0 spiro atoms. The van der Waals surface area contributed by atoms with Gasteiger partial charge in [-0.05, 0) is 55.3 Å². The highest BCUT2D eigenvalue weighted by Crippen LogP contribution is 2.19. The molecule has 0 saturated carbocycles. The van der Waals surface area contributed by atoms with Crippen molar-refractivity contribution in [1.29, 1.82) is 0 Å². The van der Waals surface area contributed by atoms with Crippen molar-refractivity contribution in [3.8, 4) is 0 Å². The van der Waals surface area contributed by atoms with E-state index in [1.165, 1.54) is 18.2 Å². The number of halogens is 1. The van der Waals surface area contributed by atoms with Crippen molar-refractivity contribution in [1.82, 2.24) is 9.88 Å². The highest BCUT2D eigenvalue weighted by Gasteiger charge is 2.22. The van der Waals surface area contributed by atoms with E-state index in [4.69, 9.17) is 0 Å². The van der Waals surface area contributed by atoms with Gasteiger partial charge in [-0.25, -0.2) is 14.2 Å². The fraction of sp³-hybridized carbons (Fsp3) is 0.240. The minimum absolute atomic E-state index is 0.0618. The lowest BCUT2D eigenvalue weighted by molar-refractivity contribution is 0.0766. The third kappa shape index (κ3) is 5.65. The summed E-state index contributed by atoms with van der Waals surface area (Å²) in [6, 6.07) is 16.5. The number of amides is 3. The van der Waals surface area contributed by atoms with Gasteiger partial charge >= 0.3 is 6.03 Å². The molecule has 1 aliphatic rings. The Hall–Kier alpha value is -3.94. The maximum Gasteiger partial charge on any atom is 0.323 e. The summed E-state index contributed by atoms with van der Waals surface area (Å²) >= 11 is 0. The Morgan fingerprint density at radius 3 is 2.48 bits per heavy atom. The van der Waals surface area contributed by atoms with Crippen molar-refractivity contribution in [2.75, 3.05) is 41.7 Å². The highest BCUT2D eigenvalue weighted by molar-refractivity contribution is 5.99. The van der Waals surface area contributed by atoms with Crippen molar-refractivity contribution < 1.29 is 14.0 Å². The van der Waals surface area contributed by atoms with Crippen LogP contribution >= 0.6 is 0 Å². The molecule has 0 bridgehead atoms. The predicted molar refractivity (Wildman–Crippen MR) is 127 cm³/mol. The van der Waals surface area contributed by atoms with Crippen molar-refractivity contribution in [3.63, 3.8) is 0 Å². The van der Waals surface area contributed by atoms with Gasteiger partial charge in [0, 0.05) is 37.4 Å². The molecule has 2 heterocycles. The highest BCUT2D eigenvalue weighted by atomic mass is 19.1. The number of nitrogens with one attached hydrogen (secondary N) is 2. The Morgan fingerprint density at radius 1 is 0.909 bits per heavy atom. The number of benzene rings is 2. The van der Waals surface area contributed by atoms with Gasteiger partial charge in [-0.15, -0.1) is 0 Å². The quantitative estimate of drug-likeness (QED) is 0.616. The molecule has 0 unspecified atom stereocenters. The van der Waals surface area contributed by atoms with Gasteiger partial charge in [-0.1, -0.05) is 24.3 Å². The molecule has 1 fully saturated rings. The number of aryl methyl sites for hydroxylation is 1. The number of carbonyl (C=O) groups is 2. The van der Waals surface area contributed by atoms with E-state index in [1.807, 2.05) is 42.2 Å². The van der Waals surface area contributed by atoms with Gasteiger partial charge in [0.1, 0.15) is 11.6 Å². The lowest BCUT2D eigenvalue weighted by atomic mass is 10.1. The number of hydrogen-bond donors (Lipinski definition) is 2. The molecule has 2 aromatic carbocycles. The molecule has 170 valence electrons. The summed E-state index contributed by atoms with van der Waals surface area (Å²) in [5.41, 5.74) is 2.62. The zero-order valence-corrected chi connectivity index (χ0v) is 18.4. The number of carbonyl (C=O) groups excluding carboxylic acids is 2. The number of aromatic nitrogens is 1. The Labute approximate surface area is 192 Å². The van der Waals surface area contributed by atoms with Crippen LogP contribution in [0.3, 0.4) is 0 Å². The van der Waals surface area contributed by atoms with Crippen molar-refractivity contribution in [2.24, 2.45) is 0 Å². The lowest BCUT2D eigenvalue weighted by Crippen LogP contribution is -2.35. The van der Waals surface area contributed by atoms with E-state index >= 15 is 0 Å². The molecule has 4 rings (SSSR count). The van der Waals surface area contributed by atoms with Crippen LogP contribution in [0.5, 0.6) is 0 Å². The summed E-state index contributed by atoms with van der Waals surface area (Å²) in [4.78, 5) is 33.6. The largest absolute Gasteiger partial charge is 0.355 e. The molecule has 0 radical (unpaired) electrons. The topological polar surface area (TPSA) is 77.6 Å². The maximum atomic E-state index is 13.3. The normalized spacial score (nSPS) is 13.9. The molecular formula is C25H26FN5O2. The van der Waals surface area contributed by atoms with Gasteiger partial charge in [0.2, 0.25) is 0 Å². The van der Waals surface area contributed by atoms with Crippen LogP contribution in [0.2, 0.25) is 0 Å². The van der Waals surface area contributed by atoms with E-state index in [-0.39, 0.29) is 5.91 Å². The number of urea groups is 1. The molecule has 3 aromatic rings. The van der Waals surface area contributed by atoms with Gasteiger partial charge in [0.25, 0.3) is 5.91 Å². The Morgan fingerprint density at radius 2 is 1.73 bits per heavy atom. The van der Waals surface area contributed by atoms with E-state index < -0.39 is 11.8 Å². The van der Waals surface area contributed by atoms with Crippen molar-refractivity contribution >= 4 is 29.1 Å². The Bertz CT molecular complexity index is 1140. The van der Waals surface area contributed by atoms with Crippen LogP contribution < -0.4 is 15.5 Å². The number of rotatable bonds is 4. The molecule has 7 nitrogen and oxygen atoms in total. The van der Waals surface area contributed by atoms with Gasteiger partial charge in [0.05, 0.1) is 11.9 Å². The second-order valence-electron chi connectivity index (χ2n) is 7.94. The Balaban J connectivity index is 1.34. The predicted octanol–water partition coefficient (Wildman–Crippen LogP) is 4.53. The fourth-order valence-corrected chi connectivity index (χ4v) is 3.84. The molecule has 1 aromatic heterocycles. The van der Waals surface area contributed by atoms with Crippen molar-refractivity contribution in [2.45, 2.75) is 13.3 Å². The van der Waals surface area contributed by atoms with E-state index in [0.29, 0.717) is 31.0 Å². The first-order valence-electron chi connectivity index (χ1n) is 10.9. The van der Waals surface area contributed by atoms with Crippen LogP contribution in [-0.4, -0.2) is 48.0 Å². The van der Waals surface area contributed by atoms with E-state index in [1.54, 1.807) is 18.3 Å².